The van der Waals surface area contributed by atoms with E-state index in [1.807, 2.05) is 18.7 Å². The summed E-state index contributed by atoms with van der Waals surface area (Å²) in [6.07, 6.45) is 2.10. The van der Waals surface area contributed by atoms with Crippen LogP contribution in [0.15, 0.2) is 12.1 Å². The third-order valence-electron chi connectivity index (χ3n) is 2.80. The fourth-order valence-corrected chi connectivity index (χ4v) is 1.80. The third-order valence-corrected chi connectivity index (χ3v) is 2.80. The molecule has 5 heteroatoms. The van der Waals surface area contributed by atoms with Crippen LogP contribution in [0, 0.1) is 6.92 Å². The molecule has 0 aliphatic rings. The highest BCUT2D eigenvalue weighted by Gasteiger charge is 2.14. The fraction of sp³-hybridized carbons (Fsp3) is 0.538. The van der Waals surface area contributed by atoms with Gasteiger partial charge in [-0.2, -0.15) is 0 Å². The van der Waals surface area contributed by atoms with Crippen LogP contribution < -0.4 is 11.3 Å². The summed E-state index contributed by atoms with van der Waals surface area (Å²) < 4.78 is 0. The van der Waals surface area contributed by atoms with Crippen molar-refractivity contribution >= 4 is 11.7 Å². The molecule has 0 saturated carbocycles. The van der Waals surface area contributed by atoms with E-state index in [1.54, 1.807) is 12.1 Å². The molecule has 0 saturated heterocycles. The van der Waals surface area contributed by atoms with Crippen molar-refractivity contribution in [2.24, 2.45) is 5.84 Å². The maximum atomic E-state index is 12.3. The van der Waals surface area contributed by atoms with E-state index in [2.05, 4.69) is 17.3 Å². The Balaban J connectivity index is 2.90. The first kappa shape index (κ1) is 14.4. The van der Waals surface area contributed by atoms with Gasteiger partial charge in [-0.3, -0.25) is 4.79 Å². The number of nitrogen functional groups attached to an aromatic ring is 1. The topological polar surface area (TPSA) is 71.2 Å². The zero-order valence-corrected chi connectivity index (χ0v) is 11.4. The molecule has 0 aromatic carbocycles. The van der Waals surface area contributed by atoms with E-state index in [1.165, 1.54) is 0 Å². The molecule has 0 spiro atoms. The second-order valence-corrected chi connectivity index (χ2v) is 4.27. The Hall–Kier alpha value is -1.62. The van der Waals surface area contributed by atoms with E-state index >= 15 is 0 Å². The average Bonchev–Trinajstić information content (AvgIpc) is 2.38. The predicted octanol–water partition coefficient (Wildman–Crippen LogP) is 1.94. The van der Waals surface area contributed by atoms with E-state index in [4.69, 9.17) is 5.84 Å². The van der Waals surface area contributed by atoms with Crippen LogP contribution in [0.2, 0.25) is 0 Å². The van der Waals surface area contributed by atoms with Crippen molar-refractivity contribution in [2.75, 3.05) is 18.5 Å². The van der Waals surface area contributed by atoms with E-state index < -0.39 is 0 Å². The third kappa shape index (κ3) is 3.70. The summed E-state index contributed by atoms with van der Waals surface area (Å²) in [5, 5.41) is 0. The van der Waals surface area contributed by atoms with Gasteiger partial charge in [-0.1, -0.05) is 13.3 Å². The molecule has 0 aliphatic carbocycles. The number of aromatic nitrogens is 1. The van der Waals surface area contributed by atoms with Gasteiger partial charge in [0.25, 0.3) is 5.91 Å². The van der Waals surface area contributed by atoms with Gasteiger partial charge in [-0.05, 0) is 32.4 Å². The smallest absolute Gasteiger partial charge is 0.254 e. The monoisotopic (exact) mass is 250 g/mol. The number of unbranched alkanes of at least 4 members (excludes halogenated alkanes) is 1. The van der Waals surface area contributed by atoms with Crippen molar-refractivity contribution in [1.29, 1.82) is 0 Å². The molecule has 1 amide bonds. The lowest BCUT2D eigenvalue weighted by molar-refractivity contribution is 0.0762. The summed E-state index contributed by atoms with van der Waals surface area (Å²) in [6.45, 7) is 7.46. The molecule has 100 valence electrons. The van der Waals surface area contributed by atoms with Gasteiger partial charge in [0.2, 0.25) is 0 Å². The summed E-state index contributed by atoms with van der Waals surface area (Å²) in [5.41, 5.74) is 3.89. The highest BCUT2D eigenvalue weighted by Crippen LogP contribution is 2.12. The zero-order valence-electron chi connectivity index (χ0n) is 11.4. The number of carbonyl (C=O) groups excluding carboxylic acids is 1. The van der Waals surface area contributed by atoms with Crippen LogP contribution in [0.5, 0.6) is 0 Å². The van der Waals surface area contributed by atoms with Crippen LogP contribution in [-0.4, -0.2) is 28.9 Å². The normalized spacial score (nSPS) is 10.2. The number of nitrogens with one attached hydrogen (secondary N) is 1. The molecule has 1 heterocycles. The molecule has 0 unspecified atom stereocenters. The second-order valence-electron chi connectivity index (χ2n) is 4.27. The van der Waals surface area contributed by atoms with Crippen LogP contribution in [0.1, 0.15) is 42.7 Å². The summed E-state index contributed by atoms with van der Waals surface area (Å²) in [5.74, 6) is 5.89. The van der Waals surface area contributed by atoms with E-state index in [0.29, 0.717) is 17.9 Å². The van der Waals surface area contributed by atoms with Crippen molar-refractivity contribution in [2.45, 2.75) is 33.6 Å². The van der Waals surface area contributed by atoms with Gasteiger partial charge in [-0.15, -0.1) is 0 Å². The van der Waals surface area contributed by atoms with Gasteiger partial charge in [0, 0.05) is 24.3 Å². The molecule has 1 rings (SSSR count). The molecular weight excluding hydrogens is 228 g/mol. The molecule has 0 aliphatic heterocycles. The molecule has 0 atom stereocenters. The highest BCUT2D eigenvalue weighted by molar-refractivity contribution is 5.95. The van der Waals surface area contributed by atoms with Crippen molar-refractivity contribution in [3.8, 4) is 0 Å². The number of pyridine rings is 1. The quantitative estimate of drug-likeness (QED) is 0.598. The number of amides is 1. The van der Waals surface area contributed by atoms with Gasteiger partial charge >= 0.3 is 0 Å². The first-order valence-corrected chi connectivity index (χ1v) is 6.36. The zero-order chi connectivity index (χ0) is 13.5. The Morgan fingerprint density at radius 1 is 1.44 bits per heavy atom. The number of hydrogen-bond acceptors (Lipinski definition) is 4. The Morgan fingerprint density at radius 3 is 2.72 bits per heavy atom. The van der Waals surface area contributed by atoms with Crippen molar-refractivity contribution in [3.05, 3.63) is 23.4 Å². The lowest BCUT2D eigenvalue weighted by Crippen LogP contribution is -2.32. The van der Waals surface area contributed by atoms with Crippen molar-refractivity contribution < 1.29 is 4.79 Å². The van der Waals surface area contributed by atoms with Crippen molar-refractivity contribution in [3.63, 3.8) is 0 Å². The molecule has 0 bridgehead atoms. The number of aryl methyl sites for hydroxylation is 1. The molecule has 3 N–H and O–H groups in total. The Morgan fingerprint density at radius 2 is 2.17 bits per heavy atom. The molecule has 5 nitrogen and oxygen atoms in total. The average molecular weight is 250 g/mol. The number of nitrogens with two attached hydrogens (primary N) is 1. The first-order valence-electron chi connectivity index (χ1n) is 6.36. The molecular formula is C13H22N4O. The molecule has 18 heavy (non-hydrogen) atoms. The van der Waals surface area contributed by atoms with Crippen LogP contribution >= 0.6 is 0 Å². The predicted molar refractivity (Wildman–Crippen MR) is 73.3 cm³/mol. The number of hydrogen-bond donors (Lipinski definition) is 2. The molecule has 1 aromatic heterocycles. The molecule has 0 fully saturated rings. The molecule has 1 aromatic rings. The molecule has 0 radical (unpaired) electrons. The SMILES string of the molecule is CCCCN(CC)C(=O)c1cc(C)nc(NN)c1. The first-order chi connectivity index (χ1) is 8.62. The minimum Gasteiger partial charge on any atom is -0.339 e. The fourth-order valence-electron chi connectivity index (χ4n) is 1.80. The number of rotatable bonds is 6. The van der Waals surface area contributed by atoms with Gasteiger partial charge in [0.05, 0.1) is 0 Å². The van der Waals surface area contributed by atoms with Crippen molar-refractivity contribution in [1.82, 2.24) is 9.88 Å². The van der Waals surface area contributed by atoms with Crippen LogP contribution in [-0.2, 0) is 0 Å². The number of hydrazine groups is 1. The van der Waals surface area contributed by atoms with Gasteiger partial charge < -0.3 is 10.3 Å². The lowest BCUT2D eigenvalue weighted by Gasteiger charge is -2.21. The largest absolute Gasteiger partial charge is 0.339 e. The van der Waals surface area contributed by atoms with Gasteiger partial charge in [0.15, 0.2) is 0 Å². The van der Waals surface area contributed by atoms with E-state index in [0.717, 1.165) is 25.1 Å². The Bertz CT molecular complexity index is 406. The Labute approximate surface area is 108 Å². The summed E-state index contributed by atoms with van der Waals surface area (Å²) in [6, 6.07) is 3.47. The van der Waals surface area contributed by atoms with E-state index in [-0.39, 0.29) is 5.91 Å². The lowest BCUT2D eigenvalue weighted by atomic mass is 10.2. The maximum absolute atomic E-state index is 12.3. The van der Waals surface area contributed by atoms with Gasteiger partial charge in [-0.25, -0.2) is 10.8 Å². The highest BCUT2D eigenvalue weighted by atomic mass is 16.2. The van der Waals surface area contributed by atoms with Crippen LogP contribution in [0.3, 0.4) is 0 Å². The van der Waals surface area contributed by atoms with Crippen LogP contribution in [0.25, 0.3) is 0 Å². The minimum atomic E-state index is 0.0351. The Kier molecular flexibility index (Phi) is 5.58. The minimum absolute atomic E-state index is 0.0351. The number of nitrogens with zero attached hydrogens (tertiary/aromatic N) is 2. The van der Waals surface area contributed by atoms with Gasteiger partial charge in [0.1, 0.15) is 5.82 Å². The number of carbonyl (C=O) groups is 1. The maximum Gasteiger partial charge on any atom is 0.254 e. The standard InChI is InChI=1S/C13H22N4O/c1-4-6-7-17(5-2)13(18)11-8-10(3)15-12(9-11)16-14/h8-9H,4-7,14H2,1-3H3,(H,15,16). The van der Waals surface area contributed by atoms with Crippen LogP contribution in [0.4, 0.5) is 5.82 Å². The summed E-state index contributed by atoms with van der Waals surface area (Å²) >= 11 is 0. The number of anilines is 1. The summed E-state index contributed by atoms with van der Waals surface area (Å²) in [4.78, 5) is 18.4. The summed E-state index contributed by atoms with van der Waals surface area (Å²) in [7, 11) is 0. The van der Waals surface area contributed by atoms with E-state index in [9.17, 15) is 4.79 Å². The second kappa shape index (κ2) is 6.96.